The van der Waals surface area contributed by atoms with Crippen LogP contribution in [-0.2, 0) is 0 Å². The Morgan fingerprint density at radius 2 is 1.55 bits per heavy atom. The van der Waals surface area contributed by atoms with E-state index in [1.165, 1.54) is 6.07 Å². The lowest BCUT2D eigenvalue weighted by molar-refractivity contribution is -0.0328. The van der Waals surface area contributed by atoms with E-state index in [4.69, 9.17) is 0 Å². The zero-order chi connectivity index (χ0) is 14.6. The molecule has 0 fully saturated rings. The quantitative estimate of drug-likeness (QED) is 0.526. The predicted molar refractivity (Wildman–Crippen MR) is 75.5 cm³/mol. The maximum atomic E-state index is 12.4. The molecule has 0 saturated heterocycles. The second-order valence-electron chi connectivity index (χ2n) is 4.16. The van der Waals surface area contributed by atoms with Crippen molar-refractivity contribution in [2.75, 3.05) is 0 Å². The van der Waals surface area contributed by atoms with E-state index in [1.54, 1.807) is 18.2 Å². The van der Waals surface area contributed by atoms with E-state index in [0.29, 0.717) is 5.56 Å². The standard InChI is InChI=1S/C16H11F3S/c1-12-6-8-13(9-7-12)10-11-14-4-2-3-5-15(14)20-16(17,18)19/h2-9H,1H3. The lowest BCUT2D eigenvalue weighted by Crippen LogP contribution is -2.00. The molecule has 0 aliphatic rings. The van der Waals surface area contributed by atoms with Gasteiger partial charge in [-0.2, -0.15) is 13.2 Å². The van der Waals surface area contributed by atoms with Crippen molar-refractivity contribution in [2.24, 2.45) is 0 Å². The molecular weight excluding hydrogens is 281 g/mol. The molecule has 0 unspecified atom stereocenters. The second kappa shape index (κ2) is 6.06. The predicted octanol–water partition coefficient (Wildman–Crippen LogP) is 5.01. The fraction of sp³-hybridized carbons (Fsp3) is 0.125. The summed E-state index contributed by atoms with van der Waals surface area (Å²) in [4.78, 5) is 0.125. The molecule has 0 aliphatic carbocycles. The van der Waals surface area contributed by atoms with Crippen LogP contribution in [0.25, 0.3) is 0 Å². The van der Waals surface area contributed by atoms with Gasteiger partial charge in [0.1, 0.15) is 0 Å². The Kier molecular flexibility index (Phi) is 4.41. The van der Waals surface area contributed by atoms with E-state index in [-0.39, 0.29) is 16.7 Å². The number of alkyl halides is 3. The molecule has 2 aromatic rings. The van der Waals surface area contributed by atoms with E-state index in [2.05, 4.69) is 11.8 Å². The van der Waals surface area contributed by atoms with Gasteiger partial charge >= 0.3 is 5.51 Å². The largest absolute Gasteiger partial charge is 0.446 e. The van der Waals surface area contributed by atoms with Crippen molar-refractivity contribution in [3.05, 3.63) is 65.2 Å². The van der Waals surface area contributed by atoms with E-state index in [9.17, 15) is 13.2 Å². The van der Waals surface area contributed by atoms with Crippen molar-refractivity contribution in [1.29, 1.82) is 0 Å². The highest BCUT2D eigenvalue weighted by atomic mass is 32.2. The fourth-order valence-electron chi connectivity index (χ4n) is 1.56. The Bertz CT molecular complexity index is 646. The van der Waals surface area contributed by atoms with Gasteiger partial charge in [0.15, 0.2) is 0 Å². The fourth-order valence-corrected chi connectivity index (χ4v) is 2.18. The summed E-state index contributed by atoms with van der Waals surface area (Å²) in [7, 11) is 0. The number of benzene rings is 2. The first-order chi connectivity index (χ1) is 9.44. The molecule has 2 rings (SSSR count). The minimum atomic E-state index is -4.30. The van der Waals surface area contributed by atoms with Gasteiger partial charge in [-0.1, -0.05) is 41.7 Å². The number of aryl methyl sites for hydroxylation is 1. The van der Waals surface area contributed by atoms with Gasteiger partial charge in [-0.15, -0.1) is 0 Å². The van der Waals surface area contributed by atoms with Gasteiger partial charge in [-0.3, -0.25) is 0 Å². The van der Waals surface area contributed by atoms with Crippen LogP contribution in [0.5, 0.6) is 0 Å². The average molecular weight is 292 g/mol. The van der Waals surface area contributed by atoms with Gasteiger partial charge in [-0.25, -0.2) is 0 Å². The number of halogens is 3. The van der Waals surface area contributed by atoms with Crippen LogP contribution in [0.4, 0.5) is 13.2 Å². The maximum Gasteiger partial charge on any atom is 0.446 e. The molecular formula is C16H11F3S. The first-order valence-corrected chi connectivity index (χ1v) is 6.69. The SMILES string of the molecule is Cc1ccc(C#Cc2ccccc2SC(F)(F)F)cc1. The summed E-state index contributed by atoms with van der Waals surface area (Å²) < 4.78 is 37.3. The van der Waals surface area contributed by atoms with Crippen molar-refractivity contribution in [3.63, 3.8) is 0 Å². The van der Waals surface area contributed by atoms with Crippen LogP contribution in [0.15, 0.2) is 53.4 Å². The molecule has 4 heteroatoms. The van der Waals surface area contributed by atoms with E-state index in [1.807, 2.05) is 31.2 Å². The third-order valence-electron chi connectivity index (χ3n) is 2.51. The summed E-state index contributed by atoms with van der Waals surface area (Å²) in [5.74, 6) is 5.68. The highest BCUT2D eigenvalue weighted by Crippen LogP contribution is 2.38. The molecule has 0 saturated carbocycles. The molecule has 2 aromatic carbocycles. The Hall–Kier alpha value is -1.86. The molecule has 0 bridgehead atoms. The third-order valence-corrected chi connectivity index (χ3v) is 3.31. The van der Waals surface area contributed by atoms with Crippen molar-refractivity contribution < 1.29 is 13.2 Å². The monoisotopic (exact) mass is 292 g/mol. The van der Waals surface area contributed by atoms with Gasteiger partial charge in [0.2, 0.25) is 0 Å². The van der Waals surface area contributed by atoms with Gasteiger partial charge < -0.3 is 0 Å². The Balaban J connectivity index is 2.28. The molecule has 0 atom stereocenters. The molecule has 0 radical (unpaired) electrons. The van der Waals surface area contributed by atoms with Crippen molar-refractivity contribution in [1.82, 2.24) is 0 Å². The summed E-state index contributed by atoms with van der Waals surface area (Å²) in [6.07, 6.45) is 0. The second-order valence-corrected chi connectivity index (χ2v) is 5.27. The van der Waals surface area contributed by atoms with E-state index >= 15 is 0 Å². The molecule has 102 valence electrons. The Morgan fingerprint density at radius 1 is 0.900 bits per heavy atom. The van der Waals surface area contributed by atoms with Gasteiger partial charge in [0.05, 0.1) is 0 Å². The summed E-state index contributed by atoms with van der Waals surface area (Å²) in [6, 6.07) is 13.8. The summed E-state index contributed by atoms with van der Waals surface area (Å²) in [5.41, 5.74) is -2.02. The molecule has 0 amide bonds. The lowest BCUT2D eigenvalue weighted by Gasteiger charge is -2.06. The smallest absolute Gasteiger partial charge is 0.160 e. The minimum Gasteiger partial charge on any atom is -0.160 e. The zero-order valence-electron chi connectivity index (χ0n) is 10.7. The summed E-state index contributed by atoms with van der Waals surface area (Å²) in [6.45, 7) is 1.96. The lowest BCUT2D eigenvalue weighted by atomic mass is 10.1. The number of hydrogen-bond donors (Lipinski definition) is 0. The number of thioether (sulfide) groups is 1. The van der Waals surface area contributed by atoms with Crippen LogP contribution < -0.4 is 0 Å². The zero-order valence-corrected chi connectivity index (χ0v) is 11.5. The number of hydrogen-bond acceptors (Lipinski definition) is 1. The molecule has 20 heavy (non-hydrogen) atoms. The van der Waals surface area contributed by atoms with Crippen LogP contribution in [0.2, 0.25) is 0 Å². The van der Waals surface area contributed by atoms with Crippen LogP contribution in [-0.4, -0.2) is 5.51 Å². The minimum absolute atomic E-state index is 0.125. The van der Waals surface area contributed by atoms with Gasteiger partial charge in [0, 0.05) is 16.0 Å². The Morgan fingerprint density at radius 3 is 2.20 bits per heavy atom. The van der Waals surface area contributed by atoms with Crippen molar-refractivity contribution in [2.45, 2.75) is 17.3 Å². The molecule has 0 heterocycles. The van der Waals surface area contributed by atoms with E-state index in [0.717, 1.165) is 11.1 Å². The number of rotatable bonds is 1. The average Bonchev–Trinajstić information content (AvgIpc) is 2.38. The van der Waals surface area contributed by atoms with Crippen LogP contribution in [0, 0.1) is 18.8 Å². The van der Waals surface area contributed by atoms with Crippen LogP contribution in [0.3, 0.4) is 0 Å². The van der Waals surface area contributed by atoms with Crippen molar-refractivity contribution >= 4 is 11.8 Å². The van der Waals surface area contributed by atoms with Crippen molar-refractivity contribution in [3.8, 4) is 11.8 Å². The normalized spacial score (nSPS) is 10.8. The van der Waals surface area contributed by atoms with Crippen LogP contribution >= 0.6 is 11.8 Å². The first kappa shape index (κ1) is 14.5. The molecule has 0 spiro atoms. The topological polar surface area (TPSA) is 0 Å². The molecule has 0 aromatic heterocycles. The van der Waals surface area contributed by atoms with Gasteiger partial charge in [0.25, 0.3) is 0 Å². The third kappa shape index (κ3) is 4.36. The Labute approximate surface area is 120 Å². The summed E-state index contributed by atoms with van der Waals surface area (Å²) in [5, 5.41) is 0. The highest BCUT2D eigenvalue weighted by Gasteiger charge is 2.30. The maximum absolute atomic E-state index is 12.4. The summed E-state index contributed by atoms with van der Waals surface area (Å²) >= 11 is -0.138. The molecule has 0 aliphatic heterocycles. The van der Waals surface area contributed by atoms with Crippen LogP contribution in [0.1, 0.15) is 16.7 Å². The molecule has 0 nitrogen and oxygen atoms in total. The van der Waals surface area contributed by atoms with E-state index < -0.39 is 5.51 Å². The highest BCUT2D eigenvalue weighted by molar-refractivity contribution is 8.00. The molecule has 0 N–H and O–H groups in total. The first-order valence-electron chi connectivity index (χ1n) is 5.87. The van der Waals surface area contributed by atoms with Gasteiger partial charge in [-0.05, 0) is 43.0 Å².